The van der Waals surface area contributed by atoms with E-state index in [1.165, 1.54) is 32.4 Å². The maximum atomic E-state index is 9.03. The minimum atomic E-state index is -0.0346. The Labute approximate surface area is 105 Å². The highest BCUT2D eigenvalue weighted by atomic mass is 15.3. The van der Waals surface area contributed by atoms with E-state index < -0.39 is 0 Å². The van der Waals surface area contributed by atoms with Crippen molar-refractivity contribution in [2.75, 3.05) is 33.2 Å². The van der Waals surface area contributed by atoms with Crippen molar-refractivity contribution in [3.63, 3.8) is 0 Å². The van der Waals surface area contributed by atoms with Gasteiger partial charge in [-0.05, 0) is 33.4 Å². The lowest BCUT2D eigenvalue weighted by Gasteiger charge is -2.47. The van der Waals surface area contributed by atoms with Crippen LogP contribution >= 0.6 is 0 Å². The SMILES string of the molecule is CNC(C#N)CN1CC2CCCCN2CC1C. The number of hydrogen-bond donors (Lipinski definition) is 1. The average Bonchev–Trinajstić information content (AvgIpc) is 2.36. The Bertz CT molecular complexity index is 286. The minimum absolute atomic E-state index is 0.0346. The summed E-state index contributed by atoms with van der Waals surface area (Å²) in [5.74, 6) is 0. The lowest BCUT2D eigenvalue weighted by Crippen LogP contribution is -2.60. The second-order valence-corrected chi connectivity index (χ2v) is 5.42. The third-order valence-electron chi connectivity index (χ3n) is 4.24. The zero-order chi connectivity index (χ0) is 12.3. The van der Waals surface area contributed by atoms with Crippen LogP contribution in [0.5, 0.6) is 0 Å². The summed E-state index contributed by atoms with van der Waals surface area (Å²) in [6.45, 7) is 6.73. The molecule has 0 aromatic rings. The monoisotopic (exact) mass is 236 g/mol. The smallest absolute Gasteiger partial charge is 0.108 e. The summed E-state index contributed by atoms with van der Waals surface area (Å²) in [7, 11) is 1.87. The zero-order valence-electron chi connectivity index (χ0n) is 11.0. The van der Waals surface area contributed by atoms with E-state index in [0.29, 0.717) is 6.04 Å². The number of nitrogens with one attached hydrogen (secondary N) is 1. The van der Waals surface area contributed by atoms with Crippen LogP contribution in [-0.2, 0) is 0 Å². The molecule has 17 heavy (non-hydrogen) atoms. The van der Waals surface area contributed by atoms with Crippen LogP contribution in [0.2, 0.25) is 0 Å². The van der Waals surface area contributed by atoms with Gasteiger partial charge in [0.25, 0.3) is 0 Å². The Kier molecular flexibility index (Phi) is 4.38. The van der Waals surface area contributed by atoms with Gasteiger partial charge in [-0.3, -0.25) is 9.80 Å². The summed E-state index contributed by atoms with van der Waals surface area (Å²) in [5, 5.41) is 12.1. The number of fused-ring (bicyclic) bond motifs is 1. The molecule has 0 radical (unpaired) electrons. The molecule has 2 aliphatic heterocycles. The molecule has 0 bridgehead atoms. The average molecular weight is 236 g/mol. The molecule has 0 aromatic carbocycles. The molecule has 0 saturated carbocycles. The van der Waals surface area contributed by atoms with Gasteiger partial charge in [-0.2, -0.15) is 5.26 Å². The van der Waals surface area contributed by atoms with E-state index in [9.17, 15) is 0 Å². The number of rotatable bonds is 3. The van der Waals surface area contributed by atoms with Crippen LogP contribution < -0.4 is 5.32 Å². The van der Waals surface area contributed by atoms with Gasteiger partial charge in [0.2, 0.25) is 0 Å². The largest absolute Gasteiger partial charge is 0.304 e. The standard InChI is InChI=1S/C13H24N4/c1-11-8-16-6-4-3-5-13(16)10-17(11)9-12(7-14)15-2/h11-13,15H,3-6,8-10H2,1-2H3. The third kappa shape index (κ3) is 2.98. The van der Waals surface area contributed by atoms with Crippen LogP contribution in [0.3, 0.4) is 0 Å². The molecule has 4 nitrogen and oxygen atoms in total. The first kappa shape index (κ1) is 12.8. The molecule has 4 heteroatoms. The highest BCUT2D eigenvalue weighted by Crippen LogP contribution is 2.23. The van der Waals surface area contributed by atoms with Crippen molar-refractivity contribution < 1.29 is 0 Å². The Balaban J connectivity index is 1.92. The van der Waals surface area contributed by atoms with Gasteiger partial charge in [0.05, 0.1) is 6.07 Å². The summed E-state index contributed by atoms with van der Waals surface area (Å²) in [4.78, 5) is 5.13. The minimum Gasteiger partial charge on any atom is -0.304 e. The maximum Gasteiger partial charge on any atom is 0.108 e. The molecule has 0 aliphatic carbocycles. The Morgan fingerprint density at radius 2 is 2.24 bits per heavy atom. The van der Waals surface area contributed by atoms with Crippen molar-refractivity contribution in [1.82, 2.24) is 15.1 Å². The summed E-state index contributed by atoms with van der Waals surface area (Å²) < 4.78 is 0. The zero-order valence-corrected chi connectivity index (χ0v) is 11.0. The summed E-state index contributed by atoms with van der Waals surface area (Å²) in [6.07, 6.45) is 4.07. The summed E-state index contributed by atoms with van der Waals surface area (Å²) >= 11 is 0. The second-order valence-electron chi connectivity index (χ2n) is 5.42. The Morgan fingerprint density at radius 1 is 1.41 bits per heavy atom. The Morgan fingerprint density at radius 3 is 2.94 bits per heavy atom. The fourth-order valence-electron chi connectivity index (χ4n) is 3.10. The van der Waals surface area contributed by atoms with E-state index in [2.05, 4.69) is 28.1 Å². The van der Waals surface area contributed by atoms with Gasteiger partial charge in [-0.25, -0.2) is 0 Å². The molecule has 3 unspecified atom stereocenters. The van der Waals surface area contributed by atoms with Crippen LogP contribution in [0.1, 0.15) is 26.2 Å². The molecule has 2 rings (SSSR count). The molecule has 0 spiro atoms. The van der Waals surface area contributed by atoms with Crippen molar-refractivity contribution in [1.29, 1.82) is 5.26 Å². The number of hydrogen-bond acceptors (Lipinski definition) is 4. The molecule has 2 fully saturated rings. The second kappa shape index (κ2) is 5.81. The van der Waals surface area contributed by atoms with Gasteiger partial charge < -0.3 is 5.32 Å². The Hall–Kier alpha value is -0.630. The van der Waals surface area contributed by atoms with E-state index in [0.717, 1.165) is 19.1 Å². The molecule has 0 aromatic heterocycles. The lowest BCUT2D eigenvalue weighted by atomic mass is 9.97. The van der Waals surface area contributed by atoms with Crippen LogP contribution in [0, 0.1) is 11.3 Å². The number of nitrogens with zero attached hydrogens (tertiary/aromatic N) is 3. The first-order valence-electron chi connectivity index (χ1n) is 6.79. The first-order chi connectivity index (χ1) is 8.24. The van der Waals surface area contributed by atoms with Crippen LogP contribution in [0.15, 0.2) is 0 Å². The van der Waals surface area contributed by atoms with Gasteiger partial charge in [0.1, 0.15) is 6.04 Å². The molecular weight excluding hydrogens is 212 g/mol. The molecule has 96 valence electrons. The highest BCUT2D eigenvalue weighted by Gasteiger charge is 2.33. The predicted octanol–water partition coefficient (Wildman–Crippen LogP) is 0.657. The maximum absolute atomic E-state index is 9.03. The number of likely N-dealkylation sites (N-methyl/N-ethyl adjacent to an activating group) is 1. The fourth-order valence-corrected chi connectivity index (χ4v) is 3.10. The third-order valence-corrected chi connectivity index (χ3v) is 4.24. The van der Waals surface area contributed by atoms with Crippen molar-refractivity contribution in [3.05, 3.63) is 0 Å². The van der Waals surface area contributed by atoms with Gasteiger partial charge in [-0.1, -0.05) is 6.42 Å². The summed E-state index contributed by atoms with van der Waals surface area (Å²) in [5.41, 5.74) is 0. The highest BCUT2D eigenvalue weighted by molar-refractivity contribution is 4.96. The lowest BCUT2D eigenvalue weighted by molar-refractivity contribution is 0.0136. The number of piperidine rings is 1. The molecule has 2 saturated heterocycles. The van der Waals surface area contributed by atoms with Gasteiger partial charge in [-0.15, -0.1) is 0 Å². The first-order valence-corrected chi connectivity index (χ1v) is 6.79. The quantitative estimate of drug-likeness (QED) is 0.781. The number of piperazine rings is 1. The molecule has 1 N–H and O–H groups in total. The fraction of sp³-hybridized carbons (Fsp3) is 0.923. The van der Waals surface area contributed by atoms with Crippen LogP contribution in [0.4, 0.5) is 0 Å². The van der Waals surface area contributed by atoms with E-state index >= 15 is 0 Å². The van der Waals surface area contributed by atoms with E-state index in [1.807, 2.05) is 7.05 Å². The summed E-state index contributed by atoms with van der Waals surface area (Å²) in [6, 6.07) is 3.60. The van der Waals surface area contributed by atoms with Gasteiger partial charge in [0, 0.05) is 31.7 Å². The molecule has 2 heterocycles. The van der Waals surface area contributed by atoms with Gasteiger partial charge >= 0.3 is 0 Å². The normalized spacial score (nSPS) is 32.8. The van der Waals surface area contributed by atoms with Gasteiger partial charge in [0.15, 0.2) is 0 Å². The van der Waals surface area contributed by atoms with Crippen molar-refractivity contribution in [2.45, 2.75) is 44.3 Å². The predicted molar refractivity (Wildman–Crippen MR) is 68.7 cm³/mol. The van der Waals surface area contributed by atoms with Crippen molar-refractivity contribution >= 4 is 0 Å². The molecule has 0 amide bonds. The van der Waals surface area contributed by atoms with E-state index in [-0.39, 0.29) is 6.04 Å². The van der Waals surface area contributed by atoms with Crippen LogP contribution in [0.25, 0.3) is 0 Å². The molecular formula is C13H24N4. The topological polar surface area (TPSA) is 42.3 Å². The van der Waals surface area contributed by atoms with Crippen molar-refractivity contribution in [2.24, 2.45) is 0 Å². The molecule has 3 atom stereocenters. The van der Waals surface area contributed by atoms with Crippen LogP contribution in [-0.4, -0.2) is 61.2 Å². The van der Waals surface area contributed by atoms with Crippen molar-refractivity contribution in [3.8, 4) is 6.07 Å². The van der Waals surface area contributed by atoms with E-state index in [1.54, 1.807) is 0 Å². The number of nitriles is 1. The molecule has 2 aliphatic rings. The van der Waals surface area contributed by atoms with E-state index in [4.69, 9.17) is 5.26 Å².